The number of rotatable bonds is 10. The molecule has 0 unspecified atom stereocenters. The number of fused-ring (bicyclic) bond motifs is 1. The fourth-order valence-electron chi connectivity index (χ4n) is 3.99. The highest BCUT2D eigenvalue weighted by atomic mass is 14.3. The first-order valence-corrected chi connectivity index (χ1v) is 9.41. The van der Waals surface area contributed by atoms with E-state index in [1.807, 2.05) is 0 Å². The zero-order valence-corrected chi connectivity index (χ0v) is 14.2. The molecule has 1 aliphatic carbocycles. The van der Waals surface area contributed by atoms with Crippen molar-refractivity contribution in [2.45, 2.75) is 96.3 Å². The van der Waals surface area contributed by atoms with Crippen LogP contribution in [0.5, 0.6) is 0 Å². The summed E-state index contributed by atoms with van der Waals surface area (Å²) in [7, 11) is 0. The van der Waals surface area contributed by atoms with Crippen LogP contribution in [0, 0.1) is 0 Å². The van der Waals surface area contributed by atoms with Gasteiger partial charge in [-0.05, 0) is 35.8 Å². The van der Waals surface area contributed by atoms with E-state index in [0.717, 1.165) is 11.8 Å². The molecule has 0 N–H and O–H groups in total. The summed E-state index contributed by atoms with van der Waals surface area (Å²) in [5, 5.41) is 0. The van der Waals surface area contributed by atoms with Gasteiger partial charge < -0.3 is 0 Å². The quantitative estimate of drug-likeness (QED) is 0.399. The van der Waals surface area contributed by atoms with E-state index in [9.17, 15) is 0 Å². The molecule has 0 saturated carbocycles. The van der Waals surface area contributed by atoms with Crippen molar-refractivity contribution in [3.8, 4) is 0 Å². The van der Waals surface area contributed by atoms with Crippen molar-refractivity contribution < 1.29 is 0 Å². The largest absolute Gasteiger partial charge is 0.0654 e. The Bertz CT molecular complexity index is 393. The molecule has 0 amide bonds. The minimum atomic E-state index is 0.782. The second-order valence-electron chi connectivity index (χ2n) is 7.08. The SMILES string of the molecule is CCCCCCCCCCC[C@H]1C[C@H](C)c2ccccc21. The van der Waals surface area contributed by atoms with E-state index in [4.69, 9.17) is 0 Å². The standard InChI is InChI=1S/C21H34/c1-3-4-5-6-7-8-9-10-11-14-19-17-18(2)20-15-12-13-16-21(19)20/h12-13,15-16,18-19H,3-11,14,17H2,1-2H3/t18-,19-/m0/s1. The maximum absolute atomic E-state index is 2.40. The molecular weight excluding hydrogens is 252 g/mol. The molecule has 0 heterocycles. The number of hydrogen-bond acceptors (Lipinski definition) is 0. The maximum atomic E-state index is 2.40. The van der Waals surface area contributed by atoms with Crippen molar-refractivity contribution >= 4 is 0 Å². The molecule has 1 aromatic carbocycles. The van der Waals surface area contributed by atoms with Gasteiger partial charge >= 0.3 is 0 Å². The topological polar surface area (TPSA) is 0 Å². The molecule has 0 fully saturated rings. The van der Waals surface area contributed by atoms with Gasteiger partial charge in [-0.1, -0.05) is 95.9 Å². The lowest BCUT2D eigenvalue weighted by Crippen LogP contribution is -1.93. The number of unbranched alkanes of at least 4 members (excludes halogenated alkanes) is 8. The van der Waals surface area contributed by atoms with Crippen molar-refractivity contribution in [1.82, 2.24) is 0 Å². The van der Waals surface area contributed by atoms with Crippen LogP contribution in [0.3, 0.4) is 0 Å². The van der Waals surface area contributed by atoms with Crippen LogP contribution in [0.1, 0.15) is 107 Å². The van der Waals surface area contributed by atoms with Gasteiger partial charge in [0.15, 0.2) is 0 Å². The highest BCUT2D eigenvalue weighted by molar-refractivity contribution is 5.37. The molecule has 0 heteroatoms. The normalized spacial score (nSPS) is 20.7. The molecule has 0 spiro atoms. The lowest BCUT2D eigenvalue weighted by atomic mass is 9.94. The average Bonchev–Trinajstić information content (AvgIpc) is 2.83. The van der Waals surface area contributed by atoms with Gasteiger partial charge in [0, 0.05) is 0 Å². The van der Waals surface area contributed by atoms with Crippen LogP contribution in [0.4, 0.5) is 0 Å². The molecule has 0 saturated heterocycles. The van der Waals surface area contributed by atoms with Crippen molar-refractivity contribution in [2.24, 2.45) is 0 Å². The van der Waals surface area contributed by atoms with Gasteiger partial charge in [-0.25, -0.2) is 0 Å². The molecule has 0 nitrogen and oxygen atoms in total. The van der Waals surface area contributed by atoms with Gasteiger partial charge in [0.1, 0.15) is 0 Å². The van der Waals surface area contributed by atoms with E-state index in [2.05, 4.69) is 38.1 Å². The first kappa shape index (κ1) is 16.6. The molecule has 118 valence electrons. The summed E-state index contributed by atoms with van der Waals surface area (Å²) in [6, 6.07) is 9.14. The third-order valence-electron chi connectivity index (χ3n) is 5.26. The molecule has 0 aromatic heterocycles. The van der Waals surface area contributed by atoms with Crippen LogP contribution in [0.2, 0.25) is 0 Å². The minimum Gasteiger partial charge on any atom is -0.0654 e. The average molecular weight is 287 g/mol. The van der Waals surface area contributed by atoms with Crippen molar-refractivity contribution in [2.75, 3.05) is 0 Å². The van der Waals surface area contributed by atoms with E-state index in [0.29, 0.717) is 0 Å². The Hall–Kier alpha value is -0.780. The van der Waals surface area contributed by atoms with Crippen LogP contribution >= 0.6 is 0 Å². The molecule has 2 atom stereocenters. The van der Waals surface area contributed by atoms with Gasteiger partial charge in [0.2, 0.25) is 0 Å². The van der Waals surface area contributed by atoms with E-state index in [-0.39, 0.29) is 0 Å². The summed E-state index contributed by atoms with van der Waals surface area (Å²) in [5.41, 5.74) is 3.28. The summed E-state index contributed by atoms with van der Waals surface area (Å²) in [6.45, 7) is 4.69. The van der Waals surface area contributed by atoms with Crippen LogP contribution in [-0.2, 0) is 0 Å². The summed E-state index contributed by atoms with van der Waals surface area (Å²) >= 11 is 0. The van der Waals surface area contributed by atoms with Crippen molar-refractivity contribution in [3.63, 3.8) is 0 Å². The van der Waals surface area contributed by atoms with E-state index < -0.39 is 0 Å². The van der Waals surface area contributed by atoms with Crippen LogP contribution in [0.25, 0.3) is 0 Å². The predicted molar refractivity (Wildman–Crippen MR) is 94.1 cm³/mol. The number of benzene rings is 1. The van der Waals surface area contributed by atoms with Gasteiger partial charge in [-0.15, -0.1) is 0 Å². The predicted octanol–water partition coefficient (Wildman–Crippen LogP) is 7.20. The lowest BCUT2D eigenvalue weighted by Gasteiger charge is -2.11. The molecule has 0 radical (unpaired) electrons. The highest BCUT2D eigenvalue weighted by Crippen LogP contribution is 2.43. The fourth-order valence-corrected chi connectivity index (χ4v) is 3.99. The summed E-state index contributed by atoms with van der Waals surface area (Å²) in [6.07, 6.45) is 15.8. The molecule has 0 aliphatic heterocycles. The fraction of sp³-hybridized carbons (Fsp3) is 0.714. The molecular formula is C21H34. The minimum absolute atomic E-state index is 0.782. The summed E-state index contributed by atoms with van der Waals surface area (Å²) < 4.78 is 0. The van der Waals surface area contributed by atoms with Gasteiger partial charge in [-0.2, -0.15) is 0 Å². The summed E-state index contributed by atoms with van der Waals surface area (Å²) in [5.74, 6) is 1.63. The monoisotopic (exact) mass is 286 g/mol. The van der Waals surface area contributed by atoms with Crippen LogP contribution < -0.4 is 0 Å². The Balaban J connectivity index is 1.56. The lowest BCUT2D eigenvalue weighted by molar-refractivity contribution is 0.512. The second kappa shape index (κ2) is 9.28. The van der Waals surface area contributed by atoms with Crippen LogP contribution in [0.15, 0.2) is 24.3 Å². The van der Waals surface area contributed by atoms with Crippen molar-refractivity contribution in [1.29, 1.82) is 0 Å². The molecule has 0 bridgehead atoms. The van der Waals surface area contributed by atoms with Gasteiger partial charge in [0.05, 0.1) is 0 Å². The first-order chi connectivity index (χ1) is 10.3. The molecule has 21 heavy (non-hydrogen) atoms. The Morgan fingerprint density at radius 2 is 1.38 bits per heavy atom. The maximum Gasteiger partial charge on any atom is -0.0153 e. The molecule has 1 aliphatic rings. The Morgan fingerprint density at radius 1 is 0.810 bits per heavy atom. The van der Waals surface area contributed by atoms with E-state index in [1.165, 1.54) is 70.6 Å². The van der Waals surface area contributed by atoms with E-state index in [1.54, 1.807) is 11.1 Å². The number of hydrogen-bond donors (Lipinski definition) is 0. The Labute approximate surface area is 132 Å². The third-order valence-corrected chi connectivity index (χ3v) is 5.26. The third kappa shape index (κ3) is 5.16. The van der Waals surface area contributed by atoms with E-state index >= 15 is 0 Å². The first-order valence-electron chi connectivity index (χ1n) is 9.41. The van der Waals surface area contributed by atoms with Gasteiger partial charge in [-0.3, -0.25) is 0 Å². The van der Waals surface area contributed by atoms with Crippen LogP contribution in [-0.4, -0.2) is 0 Å². The molecule has 2 rings (SSSR count). The summed E-state index contributed by atoms with van der Waals surface area (Å²) in [4.78, 5) is 0. The molecule has 1 aromatic rings. The Morgan fingerprint density at radius 3 is 2.05 bits per heavy atom. The smallest absolute Gasteiger partial charge is 0.0153 e. The van der Waals surface area contributed by atoms with Crippen molar-refractivity contribution in [3.05, 3.63) is 35.4 Å². The Kier molecular flexibility index (Phi) is 7.33. The van der Waals surface area contributed by atoms with Gasteiger partial charge in [0.25, 0.3) is 0 Å². The highest BCUT2D eigenvalue weighted by Gasteiger charge is 2.26. The zero-order chi connectivity index (χ0) is 14.9. The zero-order valence-electron chi connectivity index (χ0n) is 14.2. The second-order valence-corrected chi connectivity index (χ2v) is 7.08.